The summed E-state index contributed by atoms with van der Waals surface area (Å²) in [5, 5.41) is 0.456. The number of rotatable bonds is 4. The van der Waals surface area contributed by atoms with Crippen LogP contribution in [0.5, 0.6) is 17.2 Å². The van der Waals surface area contributed by atoms with Crippen LogP contribution < -0.4 is 19.6 Å². The highest BCUT2D eigenvalue weighted by atomic mass is 16.7. The van der Waals surface area contributed by atoms with Crippen LogP contribution in [0, 0.1) is 6.92 Å². The summed E-state index contributed by atoms with van der Waals surface area (Å²) in [7, 11) is 0. The molecule has 0 atom stereocenters. The van der Waals surface area contributed by atoms with Gasteiger partial charge in [0.1, 0.15) is 17.1 Å². The summed E-state index contributed by atoms with van der Waals surface area (Å²) in [4.78, 5) is 24.7. The third-order valence-corrected chi connectivity index (χ3v) is 4.68. The van der Waals surface area contributed by atoms with Gasteiger partial charge in [-0.2, -0.15) is 0 Å². The van der Waals surface area contributed by atoms with Gasteiger partial charge in [-0.15, -0.1) is 0 Å². The molecule has 0 saturated carbocycles. The van der Waals surface area contributed by atoms with E-state index in [1.54, 1.807) is 31.2 Å². The summed E-state index contributed by atoms with van der Waals surface area (Å²) in [5.41, 5.74) is 2.25. The SMILES string of the molecule is CCCc1cc2c(=O)c(-c3ccc4c(c3)OCO4)c(C)oc2cc1OC(C)=O. The monoisotopic (exact) mass is 380 g/mol. The Bertz CT molecular complexity index is 1140. The molecule has 0 fully saturated rings. The maximum Gasteiger partial charge on any atom is 0.308 e. The molecular formula is C22H20O6. The fraction of sp³-hybridized carbons (Fsp3) is 0.273. The minimum absolute atomic E-state index is 0.135. The fourth-order valence-corrected chi connectivity index (χ4v) is 3.48. The van der Waals surface area contributed by atoms with Crippen LogP contribution >= 0.6 is 0 Å². The predicted molar refractivity (Wildman–Crippen MR) is 104 cm³/mol. The van der Waals surface area contributed by atoms with E-state index >= 15 is 0 Å². The van der Waals surface area contributed by atoms with Gasteiger partial charge in [0.25, 0.3) is 0 Å². The lowest BCUT2D eigenvalue weighted by Crippen LogP contribution is -2.10. The molecule has 1 aliphatic rings. The molecule has 0 spiro atoms. The second kappa shape index (κ2) is 7.03. The van der Waals surface area contributed by atoms with Gasteiger partial charge >= 0.3 is 5.97 Å². The number of hydrogen-bond donors (Lipinski definition) is 0. The number of esters is 1. The van der Waals surface area contributed by atoms with Gasteiger partial charge in [0.15, 0.2) is 11.5 Å². The smallest absolute Gasteiger partial charge is 0.308 e. The number of hydrogen-bond acceptors (Lipinski definition) is 6. The highest BCUT2D eigenvalue weighted by Crippen LogP contribution is 2.37. The number of aryl methyl sites for hydroxylation is 2. The van der Waals surface area contributed by atoms with Crippen molar-refractivity contribution in [1.82, 2.24) is 0 Å². The Balaban J connectivity index is 1.92. The molecule has 1 aliphatic heterocycles. The van der Waals surface area contributed by atoms with Gasteiger partial charge in [0, 0.05) is 13.0 Å². The van der Waals surface area contributed by atoms with E-state index in [0.717, 1.165) is 12.0 Å². The summed E-state index contributed by atoms with van der Waals surface area (Å²) >= 11 is 0. The Morgan fingerprint density at radius 3 is 2.68 bits per heavy atom. The quantitative estimate of drug-likeness (QED) is 0.494. The van der Waals surface area contributed by atoms with Gasteiger partial charge in [-0.05, 0) is 42.7 Å². The van der Waals surface area contributed by atoms with Gasteiger partial charge in [-0.3, -0.25) is 9.59 Å². The molecule has 2 aromatic carbocycles. The molecule has 28 heavy (non-hydrogen) atoms. The molecule has 0 N–H and O–H groups in total. The lowest BCUT2D eigenvalue weighted by Gasteiger charge is -2.12. The van der Waals surface area contributed by atoms with Crippen molar-refractivity contribution in [3.8, 4) is 28.4 Å². The molecule has 0 unspecified atom stereocenters. The van der Waals surface area contributed by atoms with Crippen molar-refractivity contribution >= 4 is 16.9 Å². The standard InChI is InChI=1S/C22H20O6/c1-4-5-14-8-16-19(10-18(14)28-13(3)23)27-12(2)21(22(16)24)15-6-7-17-20(9-15)26-11-25-17/h6-10H,4-5,11H2,1-3H3. The van der Waals surface area contributed by atoms with Crippen LogP contribution in [0.15, 0.2) is 39.5 Å². The Hall–Kier alpha value is -3.28. The van der Waals surface area contributed by atoms with E-state index in [1.807, 2.05) is 13.0 Å². The Labute approximate surface area is 161 Å². The predicted octanol–water partition coefficient (Wildman–Crippen LogP) is 4.37. The molecule has 0 bridgehead atoms. The lowest BCUT2D eigenvalue weighted by atomic mass is 10.00. The number of carbonyl (C=O) groups excluding carboxylic acids is 1. The second-order valence-electron chi connectivity index (χ2n) is 6.73. The van der Waals surface area contributed by atoms with Crippen LogP contribution in [-0.2, 0) is 11.2 Å². The molecule has 144 valence electrons. The molecule has 6 heteroatoms. The maximum absolute atomic E-state index is 13.3. The number of carbonyl (C=O) groups is 1. The van der Waals surface area contributed by atoms with Gasteiger partial charge in [-0.1, -0.05) is 19.4 Å². The van der Waals surface area contributed by atoms with Crippen LogP contribution in [-0.4, -0.2) is 12.8 Å². The first kappa shape index (κ1) is 18.1. The summed E-state index contributed by atoms with van der Waals surface area (Å²) in [6.45, 7) is 5.29. The molecule has 1 aromatic heterocycles. The highest BCUT2D eigenvalue weighted by molar-refractivity contribution is 5.86. The van der Waals surface area contributed by atoms with E-state index < -0.39 is 5.97 Å². The minimum Gasteiger partial charge on any atom is -0.460 e. The van der Waals surface area contributed by atoms with E-state index in [0.29, 0.717) is 51.5 Å². The lowest BCUT2D eigenvalue weighted by molar-refractivity contribution is -0.131. The molecule has 3 aromatic rings. The van der Waals surface area contributed by atoms with Crippen LogP contribution in [0.2, 0.25) is 0 Å². The van der Waals surface area contributed by atoms with Gasteiger partial charge < -0.3 is 18.6 Å². The average molecular weight is 380 g/mol. The molecule has 0 aliphatic carbocycles. The zero-order valence-corrected chi connectivity index (χ0v) is 16.0. The number of benzene rings is 2. The van der Waals surface area contributed by atoms with E-state index in [9.17, 15) is 9.59 Å². The molecule has 2 heterocycles. The van der Waals surface area contributed by atoms with Gasteiger partial charge in [-0.25, -0.2) is 0 Å². The summed E-state index contributed by atoms with van der Waals surface area (Å²) < 4.78 is 22.0. The molecule has 0 saturated heterocycles. The zero-order valence-electron chi connectivity index (χ0n) is 16.0. The highest BCUT2D eigenvalue weighted by Gasteiger charge is 2.20. The first-order valence-electron chi connectivity index (χ1n) is 9.16. The van der Waals surface area contributed by atoms with E-state index in [1.165, 1.54) is 6.92 Å². The van der Waals surface area contributed by atoms with Crippen molar-refractivity contribution in [3.63, 3.8) is 0 Å². The van der Waals surface area contributed by atoms with E-state index in [-0.39, 0.29) is 12.2 Å². The Morgan fingerprint density at radius 1 is 1.14 bits per heavy atom. The van der Waals surface area contributed by atoms with Crippen molar-refractivity contribution < 1.29 is 23.4 Å². The molecule has 0 radical (unpaired) electrons. The second-order valence-corrected chi connectivity index (χ2v) is 6.73. The molecular weight excluding hydrogens is 360 g/mol. The maximum atomic E-state index is 13.3. The van der Waals surface area contributed by atoms with Crippen molar-refractivity contribution in [2.24, 2.45) is 0 Å². The zero-order chi connectivity index (χ0) is 19.8. The van der Waals surface area contributed by atoms with Crippen molar-refractivity contribution in [1.29, 1.82) is 0 Å². The van der Waals surface area contributed by atoms with Crippen LogP contribution in [0.25, 0.3) is 22.1 Å². The summed E-state index contributed by atoms with van der Waals surface area (Å²) in [6, 6.07) is 8.78. The normalized spacial score (nSPS) is 12.4. The fourth-order valence-electron chi connectivity index (χ4n) is 3.48. The van der Waals surface area contributed by atoms with E-state index in [4.69, 9.17) is 18.6 Å². The average Bonchev–Trinajstić information content (AvgIpc) is 3.10. The van der Waals surface area contributed by atoms with Crippen molar-refractivity contribution in [3.05, 3.63) is 51.9 Å². The van der Waals surface area contributed by atoms with Gasteiger partial charge in [0.05, 0.1) is 10.9 Å². The van der Waals surface area contributed by atoms with E-state index in [2.05, 4.69) is 0 Å². The molecule has 6 nitrogen and oxygen atoms in total. The first-order chi connectivity index (χ1) is 13.5. The largest absolute Gasteiger partial charge is 0.460 e. The van der Waals surface area contributed by atoms with Crippen LogP contribution in [0.4, 0.5) is 0 Å². The third-order valence-electron chi connectivity index (χ3n) is 4.68. The van der Waals surface area contributed by atoms with Crippen molar-refractivity contribution in [2.45, 2.75) is 33.6 Å². The summed E-state index contributed by atoms with van der Waals surface area (Å²) in [6.07, 6.45) is 1.54. The molecule has 0 amide bonds. The van der Waals surface area contributed by atoms with Crippen molar-refractivity contribution in [2.75, 3.05) is 6.79 Å². The Kier molecular flexibility index (Phi) is 4.55. The van der Waals surface area contributed by atoms with Gasteiger partial charge in [0.2, 0.25) is 12.2 Å². The first-order valence-corrected chi connectivity index (χ1v) is 9.16. The minimum atomic E-state index is -0.409. The van der Waals surface area contributed by atoms with Crippen LogP contribution in [0.1, 0.15) is 31.6 Å². The topological polar surface area (TPSA) is 75.0 Å². The van der Waals surface area contributed by atoms with Crippen LogP contribution in [0.3, 0.4) is 0 Å². The Morgan fingerprint density at radius 2 is 1.93 bits per heavy atom. The summed E-state index contributed by atoms with van der Waals surface area (Å²) in [5.74, 6) is 1.76. The molecule has 4 rings (SSSR count). The number of ether oxygens (including phenoxy) is 3. The number of fused-ring (bicyclic) bond motifs is 2. The third kappa shape index (κ3) is 3.11.